The number of carbonyl (C=O) groups excluding carboxylic acids is 1. The summed E-state index contributed by atoms with van der Waals surface area (Å²) in [5.74, 6) is 1.90. The number of carbonyl (C=O) groups is 1. The van der Waals surface area contributed by atoms with Gasteiger partial charge in [0.1, 0.15) is 17.2 Å². The fourth-order valence-corrected chi connectivity index (χ4v) is 7.72. The van der Waals surface area contributed by atoms with Gasteiger partial charge in [-0.2, -0.15) is 0 Å². The molecule has 4 heterocycles. The van der Waals surface area contributed by atoms with Crippen LogP contribution in [0.1, 0.15) is 56.8 Å². The molecule has 1 aliphatic carbocycles. The van der Waals surface area contributed by atoms with Crippen LogP contribution in [0.2, 0.25) is 0 Å². The van der Waals surface area contributed by atoms with Gasteiger partial charge in [0.2, 0.25) is 9.84 Å². The Morgan fingerprint density at radius 1 is 1.12 bits per heavy atom. The minimum atomic E-state index is -4.09. The van der Waals surface area contributed by atoms with Gasteiger partial charge in [-0.3, -0.25) is 4.79 Å². The van der Waals surface area contributed by atoms with E-state index >= 15 is 0 Å². The zero-order chi connectivity index (χ0) is 24.3. The molecule has 3 atom stereocenters. The molecule has 182 valence electrons. The third kappa shape index (κ3) is 3.83. The first-order valence-corrected chi connectivity index (χ1v) is 13.6. The summed E-state index contributed by atoms with van der Waals surface area (Å²) in [6.07, 6.45) is 6.08. The minimum absolute atomic E-state index is 0.0624. The Morgan fingerprint density at radius 3 is 2.44 bits per heavy atom. The number of hydrogen-bond acceptors (Lipinski definition) is 7. The quantitative estimate of drug-likeness (QED) is 0.695. The van der Waals surface area contributed by atoms with Gasteiger partial charge in [0.15, 0.2) is 5.03 Å². The van der Waals surface area contributed by atoms with Crippen LogP contribution < -0.4 is 15.5 Å². The van der Waals surface area contributed by atoms with Crippen molar-refractivity contribution in [2.75, 3.05) is 29.4 Å². The molecule has 2 aromatic rings. The van der Waals surface area contributed by atoms with Crippen molar-refractivity contribution >= 4 is 27.4 Å². The fourth-order valence-electron chi connectivity index (χ4n) is 6.32. The van der Waals surface area contributed by atoms with Crippen molar-refractivity contribution in [3.63, 3.8) is 0 Å². The van der Waals surface area contributed by atoms with E-state index in [-0.39, 0.29) is 21.0 Å². The van der Waals surface area contributed by atoms with Crippen LogP contribution in [0, 0.1) is 17.8 Å². The van der Waals surface area contributed by atoms with Crippen LogP contribution in [0.15, 0.2) is 40.4 Å². The fraction of sp³-hybridized carbons (Fsp3) is 0.560. The number of aromatic nitrogens is 2. The largest absolute Gasteiger partial charge is 0.365 e. The lowest BCUT2D eigenvalue weighted by atomic mass is 9.97. The lowest BCUT2D eigenvalue weighted by Crippen LogP contribution is -2.40. The normalized spacial score (nSPS) is 26.1. The molecule has 2 aromatic heterocycles. The number of hydrogen-bond donors (Lipinski definition) is 1. The summed E-state index contributed by atoms with van der Waals surface area (Å²) in [5.41, 5.74) is 5.43. The van der Waals surface area contributed by atoms with Crippen molar-refractivity contribution in [2.45, 2.75) is 61.9 Å². The first-order valence-electron chi connectivity index (χ1n) is 12.1. The smallest absolute Gasteiger partial charge is 0.253 e. The molecule has 0 bridgehead atoms. The van der Waals surface area contributed by atoms with Gasteiger partial charge in [-0.05, 0) is 69.1 Å². The number of amides is 1. The van der Waals surface area contributed by atoms with E-state index < -0.39 is 15.7 Å². The van der Waals surface area contributed by atoms with Crippen molar-refractivity contribution < 1.29 is 13.2 Å². The third-order valence-electron chi connectivity index (χ3n) is 7.79. The molecule has 3 unspecified atom stereocenters. The lowest BCUT2D eigenvalue weighted by Gasteiger charge is -2.33. The topological polar surface area (TPSA) is 109 Å². The second-order valence-electron chi connectivity index (χ2n) is 10.8. The Labute approximate surface area is 201 Å². The van der Waals surface area contributed by atoms with Crippen LogP contribution in [0.5, 0.6) is 0 Å². The molecule has 3 aliphatic rings. The van der Waals surface area contributed by atoms with Crippen molar-refractivity contribution in [3.05, 3.63) is 36.0 Å². The lowest BCUT2D eigenvalue weighted by molar-refractivity contribution is 0.0997. The summed E-state index contributed by atoms with van der Waals surface area (Å²) in [7, 11) is -4.09. The van der Waals surface area contributed by atoms with Crippen LogP contribution in [0.3, 0.4) is 0 Å². The standard InChI is InChI=1S/C25H33N5O3S/c1-16-12-25(2,3)30(13-16)24-22(23(26)31)19(10-11-27-24)34(32,33)21-9-5-8-20(28-21)29-14-17-6-4-7-18(17)15-29/h5,8-11,16-18H,4,6-7,12-15H2,1-3H3,(H2,26,31). The third-order valence-corrected chi connectivity index (χ3v) is 9.49. The van der Waals surface area contributed by atoms with Crippen molar-refractivity contribution in [1.29, 1.82) is 0 Å². The Hall–Kier alpha value is -2.68. The minimum Gasteiger partial charge on any atom is -0.365 e. The first kappa shape index (κ1) is 23.1. The molecule has 0 aromatic carbocycles. The molecular formula is C25H33N5O3S. The van der Waals surface area contributed by atoms with Crippen LogP contribution in [0.25, 0.3) is 0 Å². The van der Waals surface area contributed by atoms with E-state index in [1.54, 1.807) is 6.07 Å². The van der Waals surface area contributed by atoms with Gasteiger partial charge in [-0.15, -0.1) is 0 Å². The number of pyridine rings is 2. The molecular weight excluding hydrogens is 450 g/mol. The second-order valence-corrected chi connectivity index (χ2v) is 12.7. The molecule has 3 fully saturated rings. The predicted octanol–water partition coefficient (Wildman–Crippen LogP) is 3.27. The molecule has 2 N–H and O–H groups in total. The number of rotatable bonds is 5. The molecule has 1 amide bonds. The van der Waals surface area contributed by atoms with Gasteiger partial charge in [0.25, 0.3) is 5.91 Å². The number of sulfone groups is 1. The highest BCUT2D eigenvalue weighted by atomic mass is 32.2. The molecule has 0 spiro atoms. The van der Waals surface area contributed by atoms with Gasteiger partial charge in [-0.1, -0.05) is 19.4 Å². The monoisotopic (exact) mass is 483 g/mol. The van der Waals surface area contributed by atoms with E-state index in [9.17, 15) is 13.2 Å². The summed E-state index contributed by atoms with van der Waals surface area (Å²) < 4.78 is 27.6. The highest BCUT2D eigenvalue weighted by molar-refractivity contribution is 7.91. The summed E-state index contributed by atoms with van der Waals surface area (Å²) in [6.45, 7) is 8.77. The molecule has 5 rings (SSSR count). The van der Waals surface area contributed by atoms with Crippen LogP contribution in [0.4, 0.5) is 11.6 Å². The van der Waals surface area contributed by atoms with Crippen LogP contribution in [-0.4, -0.2) is 49.5 Å². The van der Waals surface area contributed by atoms with Crippen molar-refractivity contribution in [1.82, 2.24) is 9.97 Å². The Kier molecular flexibility index (Phi) is 5.58. The number of nitrogens with two attached hydrogens (primary N) is 1. The highest BCUT2D eigenvalue weighted by Gasteiger charge is 2.41. The molecule has 0 radical (unpaired) electrons. The van der Waals surface area contributed by atoms with Gasteiger partial charge in [0.05, 0.1) is 4.90 Å². The van der Waals surface area contributed by atoms with E-state index in [1.165, 1.54) is 37.6 Å². The predicted molar refractivity (Wildman–Crippen MR) is 131 cm³/mol. The number of anilines is 2. The molecule has 1 saturated carbocycles. The van der Waals surface area contributed by atoms with Gasteiger partial charge in [-0.25, -0.2) is 18.4 Å². The van der Waals surface area contributed by atoms with E-state index in [0.29, 0.717) is 35.9 Å². The van der Waals surface area contributed by atoms with Gasteiger partial charge >= 0.3 is 0 Å². The maximum Gasteiger partial charge on any atom is 0.253 e. The highest BCUT2D eigenvalue weighted by Crippen LogP contribution is 2.41. The summed E-state index contributed by atoms with van der Waals surface area (Å²) >= 11 is 0. The summed E-state index contributed by atoms with van der Waals surface area (Å²) in [4.78, 5) is 25.7. The average Bonchev–Trinajstić information content (AvgIpc) is 3.46. The molecule has 34 heavy (non-hydrogen) atoms. The maximum absolute atomic E-state index is 13.8. The number of primary amides is 1. The van der Waals surface area contributed by atoms with E-state index in [0.717, 1.165) is 19.5 Å². The maximum atomic E-state index is 13.8. The molecule has 8 nitrogen and oxygen atoms in total. The first-order chi connectivity index (χ1) is 16.1. The summed E-state index contributed by atoms with van der Waals surface area (Å²) in [5, 5.41) is -0.0734. The Balaban J connectivity index is 1.55. The Bertz CT molecular complexity index is 1220. The molecule has 9 heteroatoms. The zero-order valence-corrected chi connectivity index (χ0v) is 20.9. The van der Waals surface area contributed by atoms with Crippen LogP contribution >= 0.6 is 0 Å². The van der Waals surface area contributed by atoms with Crippen molar-refractivity contribution in [3.8, 4) is 0 Å². The second kappa shape index (κ2) is 8.22. The zero-order valence-electron chi connectivity index (χ0n) is 20.1. The SMILES string of the molecule is CC1CN(c2nccc(S(=O)(=O)c3cccc(N4CC5CCCC5C4)n3)c2C(N)=O)C(C)(C)C1. The molecule has 2 saturated heterocycles. The number of nitrogens with zero attached hydrogens (tertiary/aromatic N) is 4. The molecule has 2 aliphatic heterocycles. The van der Waals surface area contributed by atoms with Crippen LogP contribution in [-0.2, 0) is 9.84 Å². The Morgan fingerprint density at radius 2 is 1.82 bits per heavy atom. The van der Waals surface area contributed by atoms with E-state index in [4.69, 9.17) is 5.73 Å². The van der Waals surface area contributed by atoms with Gasteiger partial charge in [0, 0.05) is 31.4 Å². The average molecular weight is 484 g/mol. The van der Waals surface area contributed by atoms with E-state index in [2.05, 4.69) is 35.6 Å². The van der Waals surface area contributed by atoms with Gasteiger partial charge < -0.3 is 15.5 Å². The number of fused-ring (bicyclic) bond motifs is 1. The summed E-state index contributed by atoms with van der Waals surface area (Å²) in [6, 6.07) is 6.43. The van der Waals surface area contributed by atoms with Crippen molar-refractivity contribution in [2.24, 2.45) is 23.5 Å². The van der Waals surface area contributed by atoms with E-state index in [1.807, 2.05) is 11.0 Å².